The predicted molar refractivity (Wildman–Crippen MR) is 92.6 cm³/mol. The topological polar surface area (TPSA) is 47.0 Å². The maximum absolute atomic E-state index is 12.7. The number of carbonyl (C=O) groups excluding carboxylic acids is 1. The number of aromatic hydroxyl groups is 1. The molecule has 128 valence electrons. The van der Waals surface area contributed by atoms with Crippen LogP contribution in [0.2, 0.25) is 0 Å². The third kappa shape index (κ3) is 4.69. The fourth-order valence-corrected chi connectivity index (χ4v) is 2.99. The monoisotopic (exact) mass is 319 g/mol. The number of likely N-dealkylation sites (N-methyl/N-ethyl adjacent to an activating group) is 2. The normalized spacial score (nSPS) is 19.3. The van der Waals surface area contributed by atoms with Gasteiger partial charge in [-0.3, -0.25) is 9.69 Å². The van der Waals surface area contributed by atoms with Crippen LogP contribution >= 0.6 is 0 Å². The zero-order valence-electron chi connectivity index (χ0n) is 14.7. The number of benzene rings is 1. The smallest absolute Gasteiger partial charge is 0.239 e. The summed E-state index contributed by atoms with van der Waals surface area (Å²) in [6, 6.07) is 7.26. The largest absolute Gasteiger partial charge is 0.508 e. The van der Waals surface area contributed by atoms with E-state index in [0.29, 0.717) is 0 Å². The van der Waals surface area contributed by atoms with Gasteiger partial charge in [-0.2, -0.15) is 0 Å². The molecule has 0 radical (unpaired) electrons. The van der Waals surface area contributed by atoms with Crippen molar-refractivity contribution < 1.29 is 9.90 Å². The molecule has 0 spiro atoms. The third-order valence-corrected chi connectivity index (χ3v) is 4.92. The summed E-state index contributed by atoms with van der Waals surface area (Å²) in [5.74, 6) is 0.454. The second-order valence-corrected chi connectivity index (χ2v) is 6.68. The zero-order valence-corrected chi connectivity index (χ0v) is 14.7. The summed E-state index contributed by atoms with van der Waals surface area (Å²) in [6.45, 7) is 8.01. The number of amides is 1. The van der Waals surface area contributed by atoms with Crippen LogP contribution in [0.5, 0.6) is 5.75 Å². The van der Waals surface area contributed by atoms with Crippen molar-refractivity contribution in [1.82, 2.24) is 14.7 Å². The van der Waals surface area contributed by atoms with Crippen LogP contribution in [0, 0.1) is 0 Å². The van der Waals surface area contributed by atoms with Crippen molar-refractivity contribution in [3.63, 3.8) is 0 Å². The van der Waals surface area contributed by atoms with Crippen molar-refractivity contribution >= 4 is 5.91 Å². The average Bonchev–Trinajstić information content (AvgIpc) is 2.55. The highest BCUT2D eigenvalue weighted by Gasteiger charge is 2.28. The predicted octanol–water partition coefficient (Wildman–Crippen LogP) is 1.42. The van der Waals surface area contributed by atoms with Crippen LogP contribution in [0.4, 0.5) is 0 Å². The number of rotatable bonds is 5. The Bertz CT molecular complexity index is 510. The van der Waals surface area contributed by atoms with E-state index in [9.17, 15) is 9.90 Å². The summed E-state index contributed by atoms with van der Waals surface area (Å²) < 4.78 is 0. The van der Waals surface area contributed by atoms with E-state index in [1.165, 1.54) is 0 Å². The Hall–Kier alpha value is -1.59. The highest BCUT2D eigenvalue weighted by atomic mass is 16.3. The van der Waals surface area contributed by atoms with Crippen molar-refractivity contribution in [1.29, 1.82) is 0 Å². The molecular weight excluding hydrogens is 290 g/mol. The van der Waals surface area contributed by atoms with E-state index < -0.39 is 0 Å². The Balaban J connectivity index is 1.91. The molecule has 1 aromatic rings. The van der Waals surface area contributed by atoms with E-state index in [0.717, 1.165) is 38.2 Å². The van der Waals surface area contributed by atoms with Gasteiger partial charge in [-0.15, -0.1) is 0 Å². The fraction of sp³-hybridized carbons (Fsp3) is 0.611. The van der Waals surface area contributed by atoms with Gasteiger partial charge in [0.25, 0.3) is 0 Å². The van der Waals surface area contributed by atoms with Gasteiger partial charge in [0.1, 0.15) is 5.75 Å². The van der Waals surface area contributed by atoms with Gasteiger partial charge in [0.2, 0.25) is 5.91 Å². The third-order valence-electron chi connectivity index (χ3n) is 4.92. The van der Waals surface area contributed by atoms with E-state index in [1.807, 2.05) is 31.0 Å². The first-order valence-corrected chi connectivity index (χ1v) is 8.35. The van der Waals surface area contributed by atoms with Crippen molar-refractivity contribution in [3.05, 3.63) is 29.8 Å². The lowest BCUT2D eigenvalue weighted by molar-refractivity contribution is -0.137. The molecule has 0 saturated carbocycles. The molecule has 0 aliphatic carbocycles. The standard InChI is InChI=1S/C18H29N3O2/c1-14(13-16-5-7-17(22)8-6-16)20(4)18(23)15(2)21-11-9-19(3)10-12-21/h5-8,14-15,22H,9-13H2,1-4H3/t14-,15-/m0/s1. The minimum Gasteiger partial charge on any atom is -0.508 e. The Labute approximate surface area is 139 Å². The molecule has 0 aromatic heterocycles. The quantitative estimate of drug-likeness (QED) is 0.892. The van der Waals surface area contributed by atoms with Gasteiger partial charge in [0.05, 0.1) is 6.04 Å². The highest BCUT2D eigenvalue weighted by Crippen LogP contribution is 2.15. The summed E-state index contributed by atoms with van der Waals surface area (Å²) in [4.78, 5) is 19.2. The lowest BCUT2D eigenvalue weighted by Crippen LogP contribution is -2.54. The molecule has 1 aliphatic rings. The van der Waals surface area contributed by atoms with Gasteiger partial charge >= 0.3 is 0 Å². The van der Waals surface area contributed by atoms with Gasteiger partial charge in [-0.1, -0.05) is 12.1 Å². The number of hydrogen-bond acceptors (Lipinski definition) is 4. The molecule has 2 rings (SSSR count). The second kappa shape index (κ2) is 7.79. The molecule has 1 saturated heterocycles. The van der Waals surface area contributed by atoms with E-state index in [4.69, 9.17) is 0 Å². The molecule has 1 N–H and O–H groups in total. The van der Waals surface area contributed by atoms with Crippen molar-refractivity contribution in [2.24, 2.45) is 0 Å². The molecule has 1 aliphatic heterocycles. The van der Waals surface area contributed by atoms with Crippen LogP contribution in [0.15, 0.2) is 24.3 Å². The number of carbonyl (C=O) groups is 1. The molecule has 0 unspecified atom stereocenters. The Morgan fingerprint density at radius 2 is 1.74 bits per heavy atom. The van der Waals surface area contributed by atoms with E-state index in [1.54, 1.807) is 12.1 Å². The van der Waals surface area contributed by atoms with Gasteiger partial charge in [0.15, 0.2) is 0 Å². The van der Waals surface area contributed by atoms with Crippen molar-refractivity contribution in [2.45, 2.75) is 32.4 Å². The lowest BCUT2D eigenvalue weighted by atomic mass is 10.1. The van der Waals surface area contributed by atoms with E-state index in [2.05, 4.69) is 23.8 Å². The molecular formula is C18H29N3O2. The van der Waals surface area contributed by atoms with Gasteiger partial charge in [-0.05, 0) is 45.0 Å². The molecule has 1 fully saturated rings. The number of phenols is 1. The van der Waals surface area contributed by atoms with Crippen LogP contribution in [0.3, 0.4) is 0 Å². The van der Waals surface area contributed by atoms with Crippen molar-refractivity contribution in [3.8, 4) is 5.75 Å². The number of nitrogens with zero attached hydrogens (tertiary/aromatic N) is 3. The van der Waals surface area contributed by atoms with Gasteiger partial charge < -0.3 is 14.9 Å². The molecule has 5 nitrogen and oxygen atoms in total. The van der Waals surface area contributed by atoms with Gasteiger partial charge in [0, 0.05) is 39.3 Å². The summed E-state index contributed by atoms with van der Waals surface area (Å²) in [7, 11) is 4.01. The SMILES string of the molecule is C[C@@H](C(=O)N(C)[C@@H](C)Cc1ccc(O)cc1)N1CCN(C)CC1. The summed E-state index contributed by atoms with van der Waals surface area (Å²) >= 11 is 0. The van der Waals surface area contributed by atoms with Crippen LogP contribution in [0.1, 0.15) is 19.4 Å². The van der Waals surface area contributed by atoms with Crippen LogP contribution in [0.25, 0.3) is 0 Å². The second-order valence-electron chi connectivity index (χ2n) is 6.68. The molecule has 0 bridgehead atoms. The summed E-state index contributed by atoms with van der Waals surface area (Å²) in [6.07, 6.45) is 0.790. The minimum absolute atomic E-state index is 0.0732. The van der Waals surface area contributed by atoms with Crippen LogP contribution < -0.4 is 0 Å². The van der Waals surface area contributed by atoms with E-state index >= 15 is 0 Å². The molecule has 1 amide bonds. The Kier molecular flexibility index (Phi) is 6.02. The zero-order chi connectivity index (χ0) is 17.0. The molecule has 2 atom stereocenters. The fourth-order valence-electron chi connectivity index (χ4n) is 2.99. The Morgan fingerprint density at radius 3 is 2.30 bits per heavy atom. The lowest BCUT2D eigenvalue weighted by Gasteiger charge is -2.38. The van der Waals surface area contributed by atoms with Crippen molar-refractivity contribution in [2.75, 3.05) is 40.3 Å². The first kappa shape index (κ1) is 17.8. The van der Waals surface area contributed by atoms with Crippen LogP contribution in [-0.2, 0) is 11.2 Å². The number of phenolic OH excluding ortho intramolecular Hbond substituents is 1. The molecule has 1 heterocycles. The molecule has 23 heavy (non-hydrogen) atoms. The molecule has 5 heteroatoms. The first-order chi connectivity index (χ1) is 10.9. The van der Waals surface area contributed by atoms with E-state index in [-0.39, 0.29) is 23.7 Å². The Morgan fingerprint density at radius 1 is 1.17 bits per heavy atom. The first-order valence-electron chi connectivity index (χ1n) is 8.35. The maximum Gasteiger partial charge on any atom is 0.239 e. The summed E-state index contributed by atoms with van der Waals surface area (Å²) in [5.41, 5.74) is 1.13. The maximum atomic E-state index is 12.7. The molecule has 1 aromatic carbocycles. The average molecular weight is 319 g/mol. The van der Waals surface area contributed by atoms with Crippen LogP contribution in [-0.4, -0.2) is 78.1 Å². The minimum atomic E-state index is -0.0732. The number of hydrogen-bond donors (Lipinski definition) is 1. The summed E-state index contributed by atoms with van der Waals surface area (Å²) in [5, 5.41) is 9.35. The van der Waals surface area contributed by atoms with Gasteiger partial charge in [-0.25, -0.2) is 0 Å². The highest BCUT2D eigenvalue weighted by molar-refractivity contribution is 5.81. The number of piperazine rings is 1.